The molecule has 0 heterocycles. The largest absolute Gasteiger partial charge is 0.276 e. The standard InChI is InChI=1S/C8H7ClOS/c1-5-2-3-6(8(9)10)7(11)4-5/h2-4,11H,1H3. The highest BCUT2D eigenvalue weighted by Gasteiger charge is 2.04. The molecule has 1 rings (SSSR count). The quantitative estimate of drug-likeness (QED) is 0.527. The Hall–Kier alpha value is -0.470. The van der Waals surface area contributed by atoms with E-state index < -0.39 is 5.24 Å². The van der Waals surface area contributed by atoms with Gasteiger partial charge in [0.2, 0.25) is 0 Å². The first-order chi connectivity index (χ1) is 5.11. The fourth-order valence-corrected chi connectivity index (χ4v) is 1.42. The Kier molecular flexibility index (Phi) is 2.58. The second-order valence-corrected chi connectivity index (χ2v) is 3.12. The Labute approximate surface area is 75.8 Å². The minimum atomic E-state index is -0.463. The normalized spacial score (nSPS) is 9.73. The number of thiol groups is 1. The van der Waals surface area contributed by atoms with Gasteiger partial charge in [-0.1, -0.05) is 6.07 Å². The second-order valence-electron chi connectivity index (χ2n) is 2.29. The van der Waals surface area contributed by atoms with Crippen molar-refractivity contribution >= 4 is 29.5 Å². The van der Waals surface area contributed by atoms with Crippen molar-refractivity contribution in [3.63, 3.8) is 0 Å². The van der Waals surface area contributed by atoms with Crippen molar-refractivity contribution in [2.24, 2.45) is 0 Å². The molecule has 1 aromatic rings. The molecule has 0 N–H and O–H groups in total. The van der Waals surface area contributed by atoms with Crippen LogP contribution in [0.4, 0.5) is 0 Å². The van der Waals surface area contributed by atoms with Crippen LogP contribution >= 0.6 is 24.2 Å². The van der Waals surface area contributed by atoms with Gasteiger partial charge in [0.25, 0.3) is 5.24 Å². The lowest BCUT2D eigenvalue weighted by Crippen LogP contribution is -1.90. The van der Waals surface area contributed by atoms with Crippen molar-refractivity contribution < 1.29 is 4.79 Å². The van der Waals surface area contributed by atoms with Gasteiger partial charge in [-0.15, -0.1) is 12.6 Å². The van der Waals surface area contributed by atoms with Crippen molar-refractivity contribution in [1.29, 1.82) is 0 Å². The lowest BCUT2D eigenvalue weighted by atomic mass is 10.2. The minimum absolute atomic E-state index is 0.459. The number of hydrogen-bond donors (Lipinski definition) is 1. The summed E-state index contributed by atoms with van der Waals surface area (Å²) in [5.74, 6) is 0. The lowest BCUT2D eigenvalue weighted by Gasteiger charge is -1.99. The molecule has 1 nitrogen and oxygen atoms in total. The van der Waals surface area contributed by atoms with Crippen molar-refractivity contribution in [1.82, 2.24) is 0 Å². The summed E-state index contributed by atoms with van der Waals surface area (Å²) in [6, 6.07) is 5.31. The minimum Gasteiger partial charge on any atom is -0.276 e. The maximum atomic E-state index is 10.7. The third-order valence-electron chi connectivity index (χ3n) is 1.36. The van der Waals surface area contributed by atoms with E-state index in [0.717, 1.165) is 5.56 Å². The topological polar surface area (TPSA) is 17.1 Å². The molecule has 0 saturated heterocycles. The number of carbonyl (C=O) groups excluding carboxylic acids is 1. The molecule has 3 heteroatoms. The Morgan fingerprint density at radius 2 is 2.18 bits per heavy atom. The number of carbonyl (C=O) groups is 1. The van der Waals surface area contributed by atoms with E-state index in [1.807, 2.05) is 13.0 Å². The third-order valence-corrected chi connectivity index (χ3v) is 1.94. The summed E-state index contributed by atoms with van der Waals surface area (Å²) >= 11 is 9.37. The van der Waals surface area contributed by atoms with Gasteiger partial charge in [0.05, 0.1) is 0 Å². The first kappa shape index (κ1) is 8.62. The highest BCUT2D eigenvalue weighted by atomic mass is 35.5. The summed E-state index contributed by atoms with van der Waals surface area (Å²) < 4.78 is 0. The molecular weight excluding hydrogens is 180 g/mol. The molecule has 0 aromatic heterocycles. The Morgan fingerprint density at radius 1 is 1.55 bits per heavy atom. The van der Waals surface area contributed by atoms with Crippen LogP contribution in [-0.4, -0.2) is 5.24 Å². The molecule has 0 saturated carbocycles. The van der Waals surface area contributed by atoms with Crippen LogP contribution in [0.5, 0.6) is 0 Å². The van der Waals surface area contributed by atoms with E-state index in [2.05, 4.69) is 12.6 Å². The van der Waals surface area contributed by atoms with Gasteiger partial charge in [0, 0.05) is 10.5 Å². The zero-order chi connectivity index (χ0) is 8.43. The van der Waals surface area contributed by atoms with Crippen LogP contribution in [0.15, 0.2) is 23.1 Å². The van der Waals surface area contributed by atoms with Crippen molar-refractivity contribution in [2.45, 2.75) is 11.8 Å². The summed E-state index contributed by atoms with van der Waals surface area (Å²) in [5, 5.41) is -0.463. The molecule has 0 radical (unpaired) electrons. The van der Waals surface area contributed by atoms with E-state index in [1.54, 1.807) is 12.1 Å². The molecule has 0 bridgehead atoms. The highest BCUT2D eigenvalue weighted by Crippen LogP contribution is 2.17. The SMILES string of the molecule is Cc1ccc(C(=O)Cl)c(S)c1. The van der Waals surface area contributed by atoms with Crippen LogP contribution in [-0.2, 0) is 0 Å². The van der Waals surface area contributed by atoms with Gasteiger partial charge >= 0.3 is 0 Å². The van der Waals surface area contributed by atoms with Crippen LogP contribution in [0, 0.1) is 6.92 Å². The van der Waals surface area contributed by atoms with Crippen LogP contribution in [0.1, 0.15) is 15.9 Å². The van der Waals surface area contributed by atoms with Gasteiger partial charge in [-0.2, -0.15) is 0 Å². The summed E-state index contributed by atoms with van der Waals surface area (Å²) in [5.41, 5.74) is 1.53. The molecule has 0 aliphatic carbocycles. The predicted octanol–water partition coefficient (Wildman–Crippen LogP) is 2.66. The summed E-state index contributed by atoms with van der Waals surface area (Å²) in [6.45, 7) is 1.93. The Balaban J connectivity index is 3.20. The number of benzene rings is 1. The van der Waals surface area contributed by atoms with Gasteiger partial charge in [0.1, 0.15) is 0 Å². The van der Waals surface area contributed by atoms with Gasteiger partial charge in [0.15, 0.2) is 0 Å². The van der Waals surface area contributed by atoms with Gasteiger partial charge < -0.3 is 0 Å². The van der Waals surface area contributed by atoms with Gasteiger partial charge in [-0.05, 0) is 36.2 Å². The molecule has 58 valence electrons. The summed E-state index contributed by atoms with van der Waals surface area (Å²) in [4.78, 5) is 11.3. The second kappa shape index (κ2) is 3.28. The summed E-state index contributed by atoms with van der Waals surface area (Å²) in [6.07, 6.45) is 0. The molecule has 0 amide bonds. The van der Waals surface area contributed by atoms with Gasteiger partial charge in [-0.25, -0.2) is 0 Å². The predicted molar refractivity (Wildman–Crippen MR) is 48.6 cm³/mol. The maximum absolute atomic E-state index is 10.7. The fraction of sp³-hybridized carbons (Fsp3) is 0.125. The number of rotatable bonds is 1. The zero-order valence-electron chi connectivity index (χ0n) is 5.97. The lowest BCUT2D eigenvalue weighted by molar-refractivity contribution is 0.107. The molecule has 1 aromatic carbocycles. The van der Waals surface area contributed by atoms with E-state index in [9.17, 15) is 4.79 Å². The zero-order valence-corrected chi connectivity index (χ0v) is 7.62. The van der Waals surface area contributed by atoms with Crippen molar-refractivity contribution in [2.75, 3.05) is 0 Å². The molecule has 0 aliphatic heterocycles. The van der Waals surface area contributed by atoms with Crippen LogP contribution < -0.4 is 0 Å². The maximum Gasteiger partial charge on any atom is 0.253 e. The smallest absolute Gasteiger partial charge is 0.253 e. The molecule has 11 heavy (non-hydrogen) atoms. The van der Waals surface area contributed by atoms with Crippen molar-refractivity contribution in [3.8, 4) is 0 Å². The first-order valence-corrected chi connectivity index (χ1v) is 3.93. The van der Waals surface area contributed by atoms with E-state index in [4.69, 9.17) is 11.6 Å². The van der Waals surface area contributed by atoms with Crippen LogP contribution in [0.3, 0.4) is 0 Å². The average Bonchev–Trinajstić information content (AvgIpc) is 1.85. The van der Waals surface area contributed by atoms with Crippen molar-refractivity contribution in [3.05, 3.63) is 29.3 Å². The van der Waals surface area contributed by atoms with Gasteiger partial charge in [-0.3, -0.25) is 4.79 Å². The van der Waals surface area contributed by atoms with Crippen LogP contribution in [0.25, 0.3) is 0 Å². The molecular formula is C8H7ClOS. The number of hydrogen-bond acceptors (Lipinski definition) is 2. The van der Waals surface area contributed by atoms with Crippen LogP contribution in [0.2, 0.25) is 0 Å². The average molecular weight is 187 g/mol. The Morgan fingerprint density at radius 3 is 2.64 bits per heavy atom. The number of halogens is 1. The first-order valence-electron chi connectivity index (χ1n) is 3.10. The molecule has 0 aliphatic rings. The van der Waals surface area contributed by atoms with E-state index >= 15 is 0 Å². The van der Waals surface area contributed by atoms with E-state index in [1.165, 1.54) is 0 Å². The molecule has 0 atom stereocenters. The molecule has 0 spiro atoms. The Bertz CT molecular complexity index is 296. The molecule has 0 fully saturated rings. The monoisotopic (exact) mass is 186 g/mol. The summed E-state index contributed by atoms with van der Waals surface area (Å²) in [7, 11) is 0. The van der Waals surface area contributed by atoms with E-state index in [-0.39, 0.29) is 0 Å². The highest BCUT2D eigenvalue weighted by molar-refractivity contribution is 7.80. The molecule has 0 unspecified atom stereocenters. The van der Waals surface area contributed by atoms with E-state index in [0.29, 0.717) is 10.5 Å². The number of aryl methyl sites for hydroxylation is 1. The third kappa shape index (κ3) is 1.98. The fourth-order valence-electron chi connectivity index (χ4n) is 0.808.